The van der Waals surface area contributed by atoms with E-state index in [-0.39, 0.29) is 5.38 Å². The smallest absolute Gasteiger partial charge is 0.0557 e. The molecule has 0 saturated heterocycles. The fourth-order valence-electron chi connectivity index (χ4n) is 0.919. The van der Waals surface area contributed by atoms with E-state index in [4.69, 9.17) is 17.3 Å². The van der Waals surface area contributed by atoms with Crippen LogP contribution in [0.3, 0.4) is 0 Å². The molecule has 0 aliphatic carbocycles. The van der Waals surface area contributed by atoms with Crippen LogP contribution in [0.2, 0.25) is 0 Å². The maximum atomic E-state index is 5.87. The number of nitrogens with two attached hydrogens (primary N) is 1. The summed E-state index contributed by atoms with van der Waals surface area (Å²) in [4.78, 5) is 0. The van der Waals surface area contributed by atoms with Gasteiger partial charge in [0.1, 0.15) is 0 Å². The first-order valence-electron chi connectivity index (χ1n) is 3.67. The molecule has 0 aliphatic heterocycles. The van der Waals surface area contributed by atoms with Crippen molar-refractivity contribution in [1.82, 2.24) is 0 Å². The summed E-state index contributed by atoms with van der Waals surface area (Å²) in [6, 6.07) is 8.04. The van der Waals surface area contributed by atoms with Gasteiger partial charge in [-0.2, -0.15) is 0 Å². The van der Waals surface area contributed by atoms with Crippen LogP contribution in [-0.2, 0) is 6.54 Å². The molecule has 0 amide bonds. The highest BCUT2D eigenvalue weighted by Gasteiger charge is 1.98. The molecule has 60 valence electrons. The molecular formula is C9H12ClN. The highest BCUT2D eigenvalue weighted by Crippen LogP contribution is 2.18. The van der Waals surface area contributed by atoms with Crippen LogP contribution in [0.4, 0.5) is 0 Å². The summed E-state index contributed by atoms with van der Waals surface area (Å²) in [5.74, 6) is 0. The Morgan fingerprint density at radius 3 is 2.27 bits per heavy atom. The number of benzene rings is 1. The van der Waals surface area contributed by atoms with E-state index in [1.165, 1.54) is 0 Å². The zero-order chi connectivity index (χ0) is 8.27. The maximum Gasteiger partial charge on any atom is 0.0557 e. The third kappa shape index (κ3) is 2.21. The van der Waals surface area contributed by atoms with E-state index < -0.39 is 0 Å². The fourth-order valence-corrected chi connectivity index (χ4v) is 1.06. The molecule has 0 aliphatic rings. The van der Waals surface area contributed by atoms with Crippen molar-refractivity contribution in [2.75, 3.05) is 0 Å². The average Bonchev–Trinajstić information content (AvgIpc) is 2.05. The van der Waals surface area contributed by atoms with Gasteiger partial charge in [-0.05, 0) is 18.1 Å². The summed E-state index contributed by atoms with van der Waals surface area (Å²) < 4.78 is 0. The predicted octanol–water partition coefficient (Wildman–Crippen LogP) is 2.45. The minimum atomic E-state index is 0.0850. The molecule has 0 bridgehead atoms. The van der Waals surface area contributed by atoms with Crippen LogP contribution in [0.25, 0.3) is 0 Å². The second-order valence-electron chi connectivity index (χ2n) is 2.56. The highest BCUT2D eigenvalue weighted by molar-refractivity contribution is 6.20. The van der Waals surface area contributed by atoms with Gasteiger partial charge in [-0.25, -0.2) is 0 Å². The maximum absolute atomic E-state index is 5.87. The van der Waals surface area contributed by atoms with E-state index in [1.54, 1.807) is 0 Å². The van der Waals surface area contributed by atoms with Crippen LogP contribution in [0.15, 0.2) is 24.3 Å². The predicted molar refractivity (Wildman–Crippen MR) is 48.6 cm³/mol. The first kappa shape index (κ1) is 8.57. The molecule has 1 aromatic rings. The Morgan fingerprint density at radius 2 is 1.91 bits per heavy atom. The number of rotatable bonds is 2. The lowest BCUT2D eigenvalue weighted by molar-refractivity contribution is 1.04. The monoisotopic (exact) mass is 169 g/mol. The van der Waals surface area contributed by atoms with Crippen LogP contribution in [0, 0.1) is 0 Å². The molecule has 11 heavy (non-hydrogen) atoms. The Morgan fingerprint density at radius 1 is 1.36 bits per heavy atom. The molecule has 1 unspecified atom stereocenters. The van der Waals surface area contributed by atoms with Crippen molar-refractivity contribution < 1.29 is 0 Å². The van der Waals surface area contributed by atoms with Gasteiger partial charge < -0.3 is 5.73 Å². The van der Waals surface area contributed by atoms with Crippen molar-refractivity contribution in [1.29, 1.82) is 0 Å². The van der Waals surface area contributed by atoms with E-state index in [0.717, 1.165) is 11.1 Å². The third-order valence-electron chi connectivity index (χ3n) is 1.67. The van der Waals surface area contributed by atoms with E-state index in [2.05, 4.69) is 0 Å². The van der Waals surface area contributed by atoms with Crippen molar-refractivity contribution in [3.8, 4) is 0 Å². The molecule has 0 saturated carbocycles. The van der Waals surface area contributed by atoms with Gasteiger partial charge in [0.15, 0.2) is 0 Å². The lowest BCUT2D eigenvalue weighted by atomic mass is 10.1. The minimum Gasteiger partial charge on any atom is -0.326 e. The van der Waals surface area contributed by atoms with Gasteiger partial charge in [0, 0.05) is 6.54 Å². The summed E-state index contributed by atoms with van der Waals surface area (Å²) in [5.41, 5.74) is 7.73. The van der Waals surface area contributed by atoms with Gasteiger partial charge >= 0.3 is 0 Å². The van der Waals surface area contributed by atoms with Crippen molar-refractivity contribution >= 4 is 11.6 Å². The van der Waals surface area contributed by atoms with E-state index in [0.29, 0.717) is 6.54 Å². The molecule has 1 nitrogen and oxygen atoms in total. The second-order valence-corrected chi connectivity index (χ2v) is 3.22. The minimum absolute atomic E-state index is 0.0850. The Hall–Kier alpha value is -0.530. The Labute approximate surface area is 72.2 Å². The quantitative estimate of drug-likeness (QED) is 0.677. The average molecular weight is 170 g/mol. The van der Waals surface area contributed by atoms with Crippen molar-refractivity contribution in [3.05, 3.63) is 35.4 Å². The van der Waals surface area contributed by atoms with Crippen LogP contribution in [-0.4, -0.2) is 0 Å². The van der Waals surface area contributed by atoms with E-state index in [1.807, 2.05) is 31.2 Å². The lowest BCUT2D eigenvalue weighted by Crippen LogP contribution is -1.95. The number of hydrogen-bond donors (Lipinski definition) is 1. The van der Waals surface area contributed by atoms with Crippen LogP contribution < -0.4 is 5.73 Å². The Kier molecular flexibility index (Phi) is 2.92. The van der Waals surface area contributed by atoms with Crippen LogP contribution in [0.5, 0.6) is 0 Å². The first-order chi connectivity index (χ1) is 5.24. The van der Waals surface area contributed by atoms with Crippen LogP contribution in [0.1, 0.15) is 23.4 Å². The number of hydrogen-bond acceptors (Lipinski definition) is 1. The summed E-state index contributed by atoms with van der Waals surface area (Å²) in [6.45, 7) is 2.55. The molecule has 0 aromatic heterocycles. The first-order valence-corrected chi connectivity index (χ1v) is 4.10. The summed E-state index contributed by atoms with van der Waals surface area (Å²) in [6.07, 6.45) is 0. The lowest BCUT2D eigenvalue weighted by Gasteiger charge is -2.03. The normalized spacial score (nSPS) is 13.0. The Bertz CT molecular complexity index is 216. The molecule has 2 N–H and O–H groups in total. The summed E-state index contributed by atoms with van der Waals surface area (Å²) in [5, 5.41) is 0.0850. The molecule has 0 heterocycles. The van der Waals surface area contributed by atoms with E-state index >= 15 is 0 Å². The van der Waals surface area contributed by atoms with Gasteiger partial charge in [-0.15, -0.1) is 11.6 Å². The van der Waals surface area contributed by atoms with Crippen molar-refractivity contribution in [2.24, 2.45) is 5.73 Å². The molecule has 1 rings (SSSR count). The highest BCUT2D eigenvalue weighted by atomic mass is 35.5. The molecular weight excluding hydrogens is 158 g/mol. The van der Waals surface area contributed by atoms with Gasteiger partial charge in [0.05, 0.1) is 5.38 Å². The van der Waals surface area contributed by atoms with Gasteiger partial charge in [-0.3, -0.25) is 0 Å². The summed E-state index contributed by atoms with van der Waals surface area (Å²) in [7, 11) is 0. The molecule has 2 heteroatoms. The van der Waals surface area contributed by atoms with Gasteiger partial charge in [0.2, 0.25) is 0 Å². The standard InChI is InChI=1S/C9H12ClN/c1-7(10)9-4-2-8(6-11)3-5-9/h2-5,7H,6,11H2,1H3. The van der Waals surface area contributed by atoms with Gasteiger partial charge in [0.25, 0.3) is 0 Å². The Balaban J connectivity index is 2.83. The molecule has 1 atom stereocenters. The zero-order valence-electron chi connectivity index (χ0n) is 6.55. The summed E-state index contributed by atoms with van der Waals surface area (Å²) >= 11 is 5.87. The zero-order valence-corrected chi connectivity index (χ0v) is 7.31. The van der Waals surface area contributed by atoms with Crippen molar-refractivity contribution in [3.63, 3.8) is 0 Å². The largest absolute Gasteiger partial charge is 0.326 e. The molecule has 1 aromatic carbocycles. The topological polar surface area (TPSA) is 26.0 Å². The van der Waals surface area contributed by atoms with E-state index in [9.17, 15) is 0 Å². The number of alkyl halides is 1. The van der Waals surface area contributed by atoms with Gasteiger partial charge in [-0.1, -0.05) is 24.3 Å². The van der Waals surface area contributed by atoms with Crippen LogP contribution >= 0.6 is 11.6 Å². The molecule has 0 spiro atoms. The van der Waals surface area contributed by atoms with Crippen molar-refractivity contribution in [2.45, 2.75) is 18.8 Å². The third-order valence-corrected chi connectivity index (χ3v) is 1.93. The molecule has 0 radical (unpaired) electrons. The fraction of sp³-hybridized carbons (Fsp3) is 0.333. The molecule has 0 fully saturated rings. The number of halogens is 1. The second kappa shape index (κ2) is 3.74. The SMILES string of the molecule is CC(Cl)c1ccc(CN)cc1.